The van der Waals surface area contributed by atoms with Gasteiger partial charge in [0.1, 0.15) is 0 Å². The quantitative estimate of drug-likeness (QED) is 0.649. The number of aromatic nitrogens is 2. The molecule has 6 nitrogen and oxygen atoms in total. The number of hydrogen-bond donors (Lipinski definition) is 2. The van der Waals surface area contributed by atoms with Crippen LogP contribution < -0.4 is 10.5 Å². The Hall–Kier alpha value is -1.18. The third-order valence-electron chi connectivity index (χ3n) is 1.65. The van der Waals surface area contributed by atoms with E-state index in [2.05, 4.69) is 9.71 Å². The van der Waals surface area contributed by atoms with Crippen molar-refractivity contribution < 1.29 is 8.42 Å². The Kier molecular flexibility index (Phi) is 4.01. The third-order valence-corrected chi connectivity index (χ3v) is 2.96. The molecule has 0 aliphatic heterocycles. The summed E-state index contributed by atoms with van der Waals surface area (Å²) in [6, 6.07) is 0. The Labute approximate surface area is 88.9 Å². The lowest BCUT2D eigenvalue weighted by molar-refractivity contribution is 0.582. The van der Waals surface area contributed by atoms with Crippen molar-refractivity contribution in [3.8, 4) is 0 Å². The molecule has 0 aromatic carbocycles. The first-order chi connectivity index (χ1) is 7.06. The monoisotopic (exact) mass is 230 g/mol. The molecule has 1 aromatic heterocycles. The van der Waals surface area contributed by atoms with E-state index >= 15 is 0 Å². The van der Waals surface area contributed by atoms with Gasteiger partial charge in [0.25, 0.3) is 10.0 Å². The number of nitrogens with one attached hydrogen (secondary N) is 1. The summed E-state index contributed by atoms with van der Waals surface area (Å²) in [5, 5.41) is 0.0196. The van der Waals surface area contributed by atoms with Gasteiger partial charge in [-0.2, -0.15) is 0 Å². The maximum Gasteiger partial charge on any atom is 0.259 e. The Bertz CT molecular complexity index is 435. The van der Waals surface area contributed by atoms with Crippen LogP contribution in [0.25, 0.3) is 0 Å². The Balaban J connectivity index is 2.64. The van der Waals surface area contributed by atoms with Crippen LogP contribution in [0.5, 0.6) is 0 Å². The van der Waals surface area contributed by atoms with Gasteiger partial charge in [-0.25, -0.2) is 18.1 Å². The summed E-state index contributed by atoms with van der Waals surface area (Å²) in [7, 11) is -1.79. The van der Waals surface area contributed by atoms with Crippen molar-refractivity contribution in [2.75, 3.05) is 13.1 Å². The van der Waals surface area contributed by atoms with Crippen LogP contribution in [0.1, 0.15) is 0 Å². The number of rotatable bonds is 5. The molecule has 0 aliphatic rings. The van der Waals surface area contributed by atoms with Gasteiger partial charge in [0, 0.05) is 26.3 Å². The lowest BCUT2D eigenvalue weighted by Gasteiger charge is -1.99. The van der Waals surface area contributed by atoms with Crippen LogP contribution in [0.3, 0.4) is 0 Å². The van der Waals surface area contributed by atoms with Gasteiger partial charge in [-0.15, -0.1) is 0 Å². The lowest BCUT2D eigenvalue weighted by Crippen LogP contribution is -2.24. The van der Waals surface area contributed by atoms with E-state index in [0.717, 1.165) is 0 Å². The molecule has 1 aromatic rings. The minimum Gasteiger partial charge on any atom is -0.339 e. The van der Waals surface area contributed by atoms with Crippen molar-refractivity contribution in [3.63, 3.8) is 0 Å². The molecule has 84 valence electrons. The van der Waals surface area contributed by atoms with E-state index in [9.17, 15) is 8.42 Å². The number of imidazole rings is 1. The maximum absolute atomic E-state index is 11.6. The van der Waals surface area contributed by atoms with E-state index in [-0.39, 0.29) is 11.6 Å². The Morgan fingerprint density at radius 3 is 2.87 bits per heavy atom. The summed E-state index contributed by atoms with van der Waals surface area (Å²) in [5.74, 6) is 0. The average Bonchev–Trinajstić information content (AvgIpc) is 2.60. The second kappa shape index (κ2) is 5.06. The van der Waals surface area contributed by atoms with Crippen LogP contribution in [0.2, 0.25) is 0 Å². The summed E-state index contributed by atoms with van der Waals surface area (Å²) >= 11 is 0. The minimum atomic E-state index is -3.49. The van der Waals surface area contributed by atoms with Crippen molar-refractivity contribution in [2.24, 2.45) is 12.8 Å². The van der Waals surface area contributed by atoms with Crippen molar-refractivity contribution in [3.05, 3.63) is 24.7 Å². The highest BCUT2D eigenvalue weighted by atomic mass is 32.2. The van der Waals surface area contributed by atoms with E-state index in [4.69, 9.17) is 5.73 Å². The van der Waals surface area contributed by atoms with Gasteiger partial charge in [0.2, 0.25) is 0 Å². The second-order valence-electron chi connectivity index (χ2n) is 2.94. The minimum absolute atomic E-state index is 0.0196. The van der Waals surface area contributed by atoms with Crippen molar-refractivity contribution >= 4 is 10.0 Å². The van der Waals surface area contributed by atoms with Crippen molar-refractivity contribution in [2.45, 2.75) is 5.03 Å². The Morgan fingerprint density at radius 1 is 1.60 bits per heavy atom. The molecule has 0 saturated carbocycles. The molecule has 0 atom stereocenters. The molecule has 0 radical (unpaired) electrons. The summed E-state index contributed by atoms with van der Waals surface area (Å²) in [6.45, 7) is 0.613. The first kappa shape index (κ1) is 11.9. The molecule has 7 heteroatoms. The molecule has 3 N–H and O–H groups in total. The zero-order valence-electron chi connectivity index (χ0n) is 8.42. The van der Waals surface area contributed by atoms with Crippen LogP contribution in [0.4, 0.5) is 0 Å². The third kappa shape index (κ3) is 3.46. The number of sulfonamides is 1. The van der Waals surface area contributed by atoms with Gasteiger partial charge >= 0.3 is 0 Å². The van der Waals surface area contributed by atoms with E-state index in [1.165, 1.54) is 12.5 Å². The van der Waals surface area contributed by atoms with Gasteiger partial charge in [-0.3, -0.25) is 0 Å². The predicted molar refractivity (Wildman–Crippen MR) is 56.6 cm³/mol. The summed E-state index contributed by atoms with van der Waals surface area (Å²) in [6.07, 6.45) is 6.21. The molecule has 0 aliphatic carbocycles. The van der Waals surface area contributed by atoms with Crippen LogP contribution >= 0.6 is 0 Å². The molecular formula is C8H14N4O2S. The molecule has 1 heterocycles. The van der Waals surface area contributed by atoms with Crippen molar-refractivity contribution in [1.29, 1.82) is 0 Å². The highest BCUT2D eigenvalue weighted by Crippen LogP contribution is 2.02. The zero-order chi connectivity index (χ0) is 11.3. The molecule has 0 spiro atoms. The number of hydrogen-bond acceptors (Lipinski definition) is 4. The number of aryl methyl sites for hydroxylation is 1. The van der Waals surface area contributed by atoms with E-state index < -0.39 is 10.0 Å². The largest absolute Gasteiger partial charge is 0.339 e. The first-order valence-electron chi connectivity index (χ1n) is 4.39. The van der Waals surface area contributed by atoms with Gasteiger partial charge in [-0.1, -0.05) is 12.2 Å². The average molecular weight is 230 g/mol. The standard InChI is InChI=1S/C8H14N4O2S/c1-12-6-8(10-7-12)15(13,14)11-5-3-2-4-9/h2-3,6-7,11H,4-5,9H2,1H3/b3-2+. The highest BCUT2D eigenvalue weighted by molar-refractivity contribution is 7.89. The molecule has 0 saturated heterocycles. The van der Waals surface area contributed by atoms with Gasteiger partial charge < -0.3 is 10.3 Å². The highest BCUT2D eigenvalue weighted by Gasteiger charge is 2.14. The summed E-state index contributed by atoms with van der Waals surface area (Å²) in [5.41, 5.74) is 5.21. The fourth-order valence-corrected chi connectivity index (χ4v) is 1.89. The van der Waals surface area contributed by atoms with Gasteiger partial charge in [0.15, 0.2) is 5.03 Å². The molecular weight excluding hydrogens is 216 g/mol. The smallest absolute Gasteiger partial charge is 0.259 e. The van der Waals surface area contributed by atoms with Crippen LogP contribution in [-0.2, 0) is 17.1 Å². The summed E-state index contributed by atoms with van der Waals surface area (Å²) in [4.78, 5) is 3.75. The number of nitrogens with zero attached hydrogens (tertiary/aromatic N) is 2. The Morgan fingerprint density at radius 2 is 2.33 bits per heavy atom. The predicted octanol–water partition coefficient (Wildman–Crippen LogP) is -0.787. The van der Waals surface area contributed by atoms with E-state index in [1.807, 2.05) is 0 Å². The summed E-state index contributed by atoms with van der Waals surface area (Å²) < 4.78 is 27.1. The van der Waals surface area contributed by atoms with Crippen LogP contribution in [0, 0.1) is 0 Å². The zero-order valence-corrected chi connectivity index (χ0v) is 9.24. The SMILES string of the molecule is Cn1cnc(S(=O)(=O)NC/C=C/CN)c1. The molecule has 15 heavy (non-hydrogen) atoms. The molecule has 0 bridgehead atoms. The van der Waals surface area contributed by atoms with Gasteiger partial charge in [-0.05, 0) is 0 Å². The number of nitrogens with two attached hydrogens (primary N) is 1. The molecule has 1 rings (SSSR count). The van der Waals surface area contributed by atoms with E-state index in [1.54, 1.807) is 23.8 Å². The van der Waals surface area contributed by atoms with E-state index in [0.29, 0.717) is 6.54 Å². The second-order valence-corrected chi connectivity index (χ2v) is 4.65. The lowest BCUT2D eigenvalue weighted by atomic mass is 10.5. The van der Waals surface area contributed by atoms with Crippen LogP contribution in [-0.4, -0.2) is 31.1 Å². The first-order valence-corrected chi connectivity index (χ1v) is 5.87. The maximum atomic E-state index is 11.6. The fourth-order valence-electron chi connectivity index (χ4n) is 0.939. The molecule has 0 unspecified atom stereocenters. The topological polar surface area (TPSA) is 90.0 Å². The van der Waals surface area contributed by atoms with Crippen molar-refractivity contribution in [1.82, 2.24) is 14.3 Å². The van der Waals surface area contributed by atoms with Crippen LogP contribution in [0.15, 0.2) is 29.7 Å². The molecule has 0 fully saturated rings. The molecule has 0 amide bonds. The van der Waals surface area contributed by atoms with Gasteiger partial charge in [0.05, 0.1) is 6.33 Å². The normalized spacial score (nSPS) is 12.4. The fraction of sp³-hybridized carbons (Fsp3) is 0.375.